The molecule has 3 aromatic carbocycles. The fourth-order valence-corrected chi connectivity index (χ4v) is 6.89. The standard InChI is InChI=1S/C33H39N5O7S/c1-22(2)20-38(46(44,45)26-14-12-24(13-15-26)18-35-43)21-31(39)29(16-23-8-4-3-5-9-23)36-32(40)30(37-33(41)42)17-25-19-34-28-11-7-6-10-27(25)28/h3-15,18-19,22,29-31,34,37,39,43H,16-17,20-21H2,1-2H3,(H,36,40)(H,41,42)/b35-18+/t29-,30-,31+/m0/s1. The number of aliphatic hydroxyl groups excluding tert-OH is 1. The van der Waals surface area contributed by atoms with E-state index in [1.807, 2.05) is 68.4 Å². The summed E-state index contributed by atoms with van der Waals surface area (Å²) >= 11 is 0. The van der Waals surface area contributed by atoms with Crippen molar-refractivity contribution in [2.45, 2.75) is 49.8 Å². The molecular weight excluding hydrogens is 610 g/mol. The molecule has 13 heteroatoms. The van der Waals surface area contributed by atoms with Crippen molar-refractivity contribution in [3.63, 3.8) is 0 Å². The summed E-state index contributed by atoms with van der Waals surface area (Å²) in [7, 11) is -4.08. The number of carboxylic acid groups (broad SMARTS) is 1. The number of aromatic nitrogens is 1. The Labute approximate surface area is 267 Å². The number of nitrogens with zero attached hydrogens (tertiary/aromatic N) is 2. The minimum absolute atomic E-state index is 0.0106. The van der Waals surface area contributed by atoms with Gasteiger partial charge in [-0.05, 0) is 47.2 Å². The average Bonchev–Trinajstić information content (AvgIpc) is 3.43. The molecule has 1 aromatic heterocycles. The summed E-state index contributed by atoms with van der Waals surface area (Å²) in [5, 5.41) is 38.8. The number of carbonyl (C=O) groups excluding carboxylic acids is 1. The highest BCUT2D eigenvalue weighted by Gasteiger charge is 2.33. The van der Waals surface area contributed by atoms with Crippen molar-refractivity contribution < 1.29 is 33.4 Å². The van der Waals surface area contributed by atoms with Crippen molar-refractivity contribution >= 4 is 39.1 Å². The van der Waals surface area contributed by atoms with Gasteiger partial charge in [0.1, 0.15) is 6.04 Å². The molecule has 244 valence electrons. The first kappa shape index (κ1) is 34.2. The summed E-state index contributed by atoms with van der Waals surface area (Å²) in [4.78, 5) is 28.5. The molecule has 0 radical (unpaired) electrons. The first-order valence-electron chi connectivity index (χ1n) is 14.8. The number of nitrogens with one attached hydrogen (secondary N) is 3. The largest absolute Gasteiger partial charge is 0.465 e. The van der Waals surface area contributed by atoms with E-state index in [1.165, 1.54) is 34.8 Å². The molecule has 0 bridgehead atoms. The maximum Gasteiger partial charge on any atom is 0.405 e. The van der Waals surface area contributed by atoms with Gasteiger partial charge in [-0.3, -0.25) is 4.79 Å². The predicted molar refractivity (Wildman–Crippen MR) is 174 cm³/mol. The van der Waals surface area contributed by atoms with Crippen LogP contribution in [-0.4, -0.2) is 82.6 Å². The minimum Gasteiger partial charge on any atom is -0.465 e. The van der Waals surface area contributed by atoms with Crippen LogP contribution < -0.4 is 10.6 Å². The van der Waals surface area contributed by atoms with Crippen LogP contribution in [0.2, 0.25) is 0 Å². The molecule has 0 spiro atoms. The average molecular weight is 650 g/mol. The third kappa shape index (κ3) is 8.93. The van der Waals surface area contributed by atoms with E-state index in [1.54, 1.807) is 6.20 Å². The molecule has 12 nitrogen and oxygen atoms in total. The molecule has 2 amide bonds. The van der Waals surface area contributed by atoms with E-state index in [9.17, 15) is 28.2 Å². The maximum atomic E-state index is 13.8. The molecule has 0 saturated carbocycles. The molecule has 0 fully saturated rings. The zero-order valence-corrected chi connectivity index (χ0v) is 26.4. The van der Waals surface area contributed by atoms with Gasteiger partial charge in [0.2, 0.25) is 15.9 Å². The fraction of sp³-hybridized carbons (Fsp3) is 0.303. The van der Waals surface area contributed by atoms with E-state index in [4.69, 9.17) is 5.21 Å². The number of hydrogen-bond donors (Lipinski definition) is 6. The van der Waals surface area contributed by atoms with Gasteiger partial charge in [-0.15, -0.1) is 0 Å². The molecule has 6 N–H and O–H groups in total. The lowest BCUT2D eigenvalue weighted by molar-refractivity contribution is -0.124. The third-order valence-corrected chi connectivity index (χ3v) is 9.33. The fourth-order valence-electron chi connectivity index (χ4n) is 5.27. The molecule has 0 aliphatic rings. The van der Waals surface area contributed by atoms with Crippen molar-refractivity contribution in [3.05, 3.63) is 102 Å². The van der Waals surface area contributed by atoms with Gasteiger partial charge in [-0.1, -0.05) is 79.7 Å². The number of oxime groups is 1. The van der Waals surface area contributed by atoms with Crippen molar-refractivity contribution in [1.29, 1.82) is 0 Å². The van der Waals surface area contributed by atoms with Crippen LogP contribution in [0.1, 0.15) is 30.5 Å². The van der Waals surface area contributed by atoms with Crippen molar-refractivity contribution in [2.24, 2.45) is 11.1 Å². The number of para-hydroxylation sites is 1. The Hall–Kier alpha value is -4.72. The summed E-state index contributed by atoms with van der Waals surface area (Å²) in [6.45, 7) is 3.46. The number of sulfonamides is 1. The summed E-state index contributed by atoms with van der Waals surface area (Å²) in [5.41, 5.74) is 2.85. The summed E-state index contributed by atoms with van der Waals surface area (Å²) < 4.78 is 28.7. The van der Waals surface area contributed by atoms with Gasteiger partial charge >= 0.3 is 6.09 Å². The Morgan fingerprint density at radius 1 is 0.935 bits per heavy atom. The predicted octanol–water partition coefficient (Wildman–Crippen LogP) is 3.59. The molecule has 3 atom stereocenters. The molecule has 1 heterocycles. The molecular formula is C33H39N5O7S. The van der Waals surface area contributed by atoms with E-state index in [-0.39, 0.29) is 36.7 Å². The summed E-state index contributed by atoms with van der Waals surface area (Å²) in [5.74, 6) is -0.752. The lowest BCUT2D eigenvalue weighted by atomic mass is 9.99. The first-order chi connectivity index (χ1) is 22.0. The summed E-state index contributed by atoms with van der Waals surface area (Å²) in [6, 6.07) is 20.2. The quantitative estimate of drug-likeness (QED) is 0.0646. The Balaban J connectivity index is 1.61. The second kappa shape index (κ2) is 15.5. The van der Waals surface area contributed by atoms with E-state index in [0.29, 0.717) is 5.56 Å². The van der Waals surface area contributed by atoms with Gasteiger partial charge < -0.3 is 31.0 Å². The lowest BCUT2D eigenvalue weighted by Gasteiger charge is -2.31. The van der Waals surface area contributed by atoms with E-state index in [2.05, 4.69) is 20.8 Å². The van der Waals surface area contributed by atoms with Gasteiger partial charge in [0.05, 0.1) is 23.3 Å². The van der Waals surface area contributed by atoms with Gasteiger partial charge in [-0.25, -0.2) is 13.2 Å². The van der Waals surface area contributed by atoms with Gasteiger partial charge in [-0.2, -0.15) is 4.31 Å². The van der Waals surface area contributed by atoms with E-state index in [0.717, 1.165) is 22.0 Å². The normalized spacial score (nSPS) is 14.0. The van der Waals surface area contributed by atoms with Crippen molar-refractivity contribution in [1.82, 2.24) is 19.9 Å². The van der Waals surface area contributed by atoms with Crippen LogP contribution in [0.3, 0.4) is 0 Å². The number of fused-ring (bicyclic) bond motifs is 1. The zero-order valence-electron chi connectivity index (χ0n) is 25.6. The van der Waals surface area contributed by atoms with E-state index >= 15 is 0 Å². The zero-order chi connectivity index (χ0) is 33.3. The van der Waals surface area contributed by atoms with Crippen LogP contribution in [0.25, 0.3) is 10.9 Å². The number of aliphatic hydroxyl groups is 1. The minimum atomic E-state index is -4.08. The second-order valence-corrected chi connectivity index (χ2v) is 13.4. The Morgan fingerprint density at radius 3 is 2.26 bits per heavy atom. The molecule has 0 aliphatic carbocycles. The van der Waals surface area contributed by atoms with Crippen LogP contribution in [0, 0.1) is 5.92 Å². The number of benzene rings is 3. The highest BCUT2D eigenvalue weighted by atomic mass is 32.2. The smallest absolute Gasteiger partial charge is 0.405 e. The van der Waals surface area contributed by atoms with Gasteiger partial charge in [0.25, 0.3) is 0 Å². The topological polar surface area (TPSA) is 184 Å². The number of hydrogen-bond acceptors (Lipinski definition) is 7. The van der Waals surface area contributed by atoms with Crippen LogP contribution in [0.4, 0.5) is 4.79 Å². The Bertz CT molecular complexity index is 1740. The van der Waals surface area contributed by atoms with Crippen LogP contribution >= 0.6 is 0 Å². The second-order valence-electron chi connectivity index (χ2n) is 11.5. The summed E-state index contributed by atoms with van der Waals surface area (Å²) in [6.07, 6.45) is 0.353. The Morgan fingerprint density at radius 2 is 1.61 bits per heavy atom. The number of carbonyl (C=O) groups is 2. The first-order valence-corrected chi connectivity index (χ1v) is 16.3. The Kier molecular flexibility index (Phi) is 11.5. The van der Waals surface area contributed by atoms with Gasteiger partial charge in [0.15, 0.2) is 0 Å². The highest BCUT2D eigenvalue weighted by molar-refractivity contribution is 7.89. The maximum absolute atomic E-state index is 13.8. The van der Waals surface area contributed by atoms with Crippen LogP contribution in [-0.2, 0) is 27.7 Å². The number of rotatable bonds is 15. The molecule has 0 unspecified atom stereocenters. The van der Waals surface area contributed by atoms with Crippen LogP contribution in [0.5, 0.6) is 0 Å². The highest BCUT2D eigenvalue weighted by Crippen LogP contribution is 2.21. The number of aromatic amines is 1. The number of H-pyrrole nitrogens is 1. The lowest BCUT2D eigenvalue weighted by Crippen LogP contribution is -2.56. The molecule has 0 aliphatic heterocycles. The van der Waals surface area contributed by atoms with Gasteiger partial charge in [0, 0.05) is 36.6 Å². The third-order valence-electron chi connectivity index (χ3n) is 7.49. The van der Waals surface area contributed by atoms with E-state index < -0.39 is 40.2 Å². The monoisotopic (exact) mass is 649 g/mol. The SMILES string of the molecule is CC(C)CN(C[C@@H](O)[C@H](Cc1ccccc1)NC(=O)[C@H](Cc1c[nH]c2ccccc12)NC(=O)O)S(=O)(=O)c1ccc(/C=N/O)cc1. The molecule has 4 aromatic rings. The molecule has 4 rings (SSSR count). The van der Waals surface area contributed by atoms with Crippen molar-refractivity contribution in [2.75, 3.05) is 13.1 Å². The van der Waals surface area contributed by atoms with Crippen molar-refractivity contribution in [3.8, 4) is 0 Å². The van der Waals surface area contributed by atoms with Crippen LogP contribution in [0.15, 0.2) is 95.1 Å². The number of amides is 2. The molecule has 0 saturated heterocycles. The molecule has 46 heavy (non-hydrogen) atoms.